The van der Waals surface area contributed by atoms with E-state index in [1.165, 1.54) is 19.2 Å². The second-order valence-electron chi connectivity index (χ2n) is 4.43. The Labute approximate surface area is 129 Å². The van der Waals surface area contributed by atoms with Crippen molar-refractivity contribution >= 4 is 21.6 Å². The van der Waals surface area contributed by atoms with Crippen LogP contribution in [0.15, 0.2) is 53.4 Å². The van der Waals surface area contributed by atoms with Crippen LogP contribution in [0, 0.1) is 0 Å². The predicted octanol–water partition coefficient (Wildman–Crippen LogP) is 2.87. The van der Waals surface area contributed by atoms with Crippen molar-refractivity contribution in [2.75, 3.05) is 13.7 Å². The normalized spacial score (nSPS) is 11.3. The van der Waals surface area contributed by atoms with Crippen LogP contribution >= 0.6 is 11.6 Å². The summed E-state index contributed by atoms with van der Waals surface area (Å²) in [6, 6.07) is 14.2. The van der Waals surface area contributed by atoms with Crippen molar-refractivity contribution in [3.63, 3.8) is 0 Å². The van der Waals surface area contributed by atoms with Gasteiger partial charge in [0.25, 0.3) is 0 Å². The van der Waals surface area contributed by atoms with Gasteiger partial charge in [0, 0.05) is 11.6 Å². The standard InChI is InChI=1S/C15H16ClNO3S/c1-20-14-8-7-13(16)11-15(14)21(18,19)17-10-9-12-5-3-2-4-6-12/h2-8,11,17H,9-10H2,1H3. The van der Waals surface area contributed by atoms with Crippen LogP contribution in [-0.4, -0.2) is 22.1 Å². The summed E-state index contributed by atoms with van der Waals surface area (Å²) in [5, 5.41) is 0.347. The molecule has 0 atom stereocenters. The molecule has 2 rings (SSSR count). The van der Waals surface area contributed by atoms with Gasteiger partial charge in [0.15, 0.2) is 0 Å². The van der Waals surface area contributed by atoms with E-state index >= 15 is 0 Å². The van der Waals surface area contributed by atoms with E-state index in [0.717, 1.165) is 5.56 Å². The maximum atomic E-state index is 12.3. The molecule has 2 aromatic carbocycles. The van der Waals surface area contributed by atoms with E-state index in [9.17, 15) is 8.42 Å². The van der Waals surface area contributed by atoms with Crippen molar-refractivity contribution in [2.24, 2.45) is 0 Å². The van der Waals surface area contributed by atoms with Crippen molar-refractivity contribution in [3.05, 3.63) is 59.1 Å². The van der Waals surface area contributed by atoms with Crippen molar-refractivity contribution in [2.45, 2.75) is 11.3 Å². The molecule has 0 aliphatic carbocycles. The van der Waals surface area contributed by atoms with Crippen LogP contribution in [0.1, 0.15) is 5.56 Å². The van der Waals surface area contributed by atoms with E-state index in [1.54, 1.807) is 6.07 Å². The molecular weight excluding hydrogens is 310 g/mol. The summed E-state index contributed by atoms with van der Waals surface area (Å²) < 4.78 is 32.2. The van der Waals surface area contributed by atoms with Crippen LogP contribution in [0.5, 0.6) is 5.75 Å². The van der Waals surface area contributed by atoms with Crippen LogP contribution in [0.2, 0.25) is 5.02 Å². The highest BCUT2D eigenvalue weighted by Gasteiger charge is 2.19. The first-order valence-electron chi connectivity index (χ1n) is 6.40. The highest BCUT2D eigenvalue weighted by atomic mass is 35.5. The summed E-state index contributed by atoms with van der Waals surface area (Å²) in [4.78, 5) is 0.0468. The first kappa shape index (κ1) is 15.8. The molecule has 0 aromatic heterocycles. The van der Waals surface area contributed by atoms with E-state index in [0.29, 0.717) is 18.0 Å². The number of rotatable bonds is 6. The summed E-state index contributed by atoms with van der Waals surface area (Å²) in [6.07, 6.45) is 0.614. The topological polar surface area (TPSA) is 55.4 Å². The van der Waals surface area contributed by atoms with Gasteiger partial charge in [-0.1, -0.05) is 41.9 Å². The second-order valence-corrected chi connectivity index (χ2v) is 6.60. The molecule has 0 radical (unpaired) electrons. The Kier molecular flexibility index (Phi) is 5.22. The predicted molar refractivity (Wildman–Crippen MR) is 83.3 cm³/mol. The Hall–Kier alpha value is -1.56. The third-order valence-electron chi connectivity index (χ3n) is 2.96. The van der Waals surface area contributed by atoms with Crippen LogP contribution in [0.25, 0.3) is 0 Å². The molecule has 0 amide bonds. The lowest BCUT2D eigenvalue weighted by Gasteiger charge is -2.11. The molecule has 0 saturated heterocycles. The summed E-state index contributed by atoms with van der Waals surface area (Å²) >= 11 is 5.86. The van der Waals surface area contributed by atoms with Crippen molar-refractivity contribution in [3.8, 4) is 5.75 Å². The number of sulfonamides is 1. The van der Waals surface area contributed by atoms with Gasteiger partial charge in [0.05, 0.1) is 7.11 Å². The van der Waals surface area contributed by atoms with Crippen LogP contribution < -0.4 is 9.46 Å². The summed E-state index contributed by atoms with van der Waals surface area (Å²) in [5.74, 6) is 0.270. The van der Waals surface area contributed by atoms with Gasteiger partial charge in [-0.25, -0.2) is 13.1 Å². The Balaban J connectivity index is 2.10. The molecule has 0 bridgehead atoms. The van der Waals surface area contributed by atoms with Gasteiger partial charge in [-0.3, -0.25) is 0 Å². The van der Waals surface area contributed by atoms with Gasteiger partial charge < -0.3 is 4.74 Å². The molecular formula is C15H16ClNO3S. The van der Waals surface area contributed by atoms with Gasteiger partial charge in [0.2, 0.25) is 10.0 Å². The molecule has 0 aliphatic rings. The lowest BCUT2D eigenvalue weighted by atomic mass is 10.2. The zero-order valence-electron chi connectivity index (χ0n) is 11.5. The number of hydrogen-bond acceptors (Lipinski definition) is 3. The molecule has 112 valence electrons. The van der Waals surface area contributed by atoms with Gasteiger partial charge in [-0.05, 0) is 30.2 Å². The third-order valence-corrected chi connectivity index (χ3v) is 4.68. The number of nitrogens with one attached hydrogen (secondary N) is 1. The molecule has 1 N–H and O–H groups in total. The van der Waals surface area contributed by atoms with Crippen LogP contribution in [-0.2, 0) is 16.4 Å². The fourth-order valence-electron chi connectivity index (χ4n) is 1.91. The molecule has 0 saturated carbocycles. The van der Waals surface area contributed by atoms with Crippen LogP contribution in [0.4, 0.5) is 0 Å². The van der Waals surface area contributed by atoms with E-state index in [-0.39, 0.29) is 10.6 Å². The summed E-state index contributed by atoms with van der Waals surface area (Å²) in [6.45, 7) is 0.308. The minimum atomic E-state index is -3.66. The van der Waals surface area contributed by atoms with E-state index in [2.05, 4.69) is 4.72 Å². The minimum absolute atomic E-state index is 0.0468. The smallest absolute Gasteiger partial charge is 0.244 e. The number of halogens is 1. The zero-order chi connectivity index (χ0) is 15.3. The van der Waals surface area contributed by atoms with Gasteiger partial charge in [-0.15, -0.1) is 0 Å². The third kappa shape index (κ3) is 4.20. The largest absolute Gasteiger partial charge is 0.495 e. The summed E-state index contributed by atoms with van der Waals surface area (Å²) in [5.41, 5.74) is 1.07. The maximum absolute atomic E-state index is 12.3. The van der Waals surface area contributed by atoms with Crippen molar-refractivity contribution in [1.29, 1.82) is 0 Å². The minimum Gasteiger partial charge on any atom is -0.495 e. The van der Waals surface area contributed by atoms with Gasteiger partial charge in [0.1, 0.15) is 10.6 Å². The molecule has 0 aliphatic heterocycles. The van der Waals surface area contributed by atoms with Crippen LogP contribution in [0.3, 0.4) is 0 Å². The Morgan fingerprint density at radius 2 is 1.86 bits per heavy atom. The maximum Gasteiger partial charge on any atom is 0.244 e. The first-order chi connectivity index (χ1) is 10.0. The number of ether oxygens (including phenoxy) is 1. The Morgan fingerprint density at radius 3 is 2.52 bits per heavy atom. The number of methoxy groups -OCH3 is 1. The van der Waals surface area contributed by atoms with Gasteiger partial charge in [-0.2, -0.15) is 0 Å². The summed E-state index contributed by atoms with van der Waals surface area (Å²) in [7, 11) is -2.23. The van der Waals surface area contributed by atoms with E-state index in [1.807, 2.05) is 30.3 Å². The molecule has 0 unspecified atom stereocenters. The fraction of sp³-hybridized carbons (Fsp3) is 0.200. The fourth-order valence-corrected chi connectivity index (χ4v) is 3.37. The molecule has 0 spiro atoms. The molecule has 0 heterocycles. The lowest BCUT2D eigenvalue weighted by molar-refractivity contribution is 0.402. The van der Waals surface area contributed by atoms with E-state index < -0.39 is 10.0 Å². The average molecular weight is 326 g/mol. The molecule has 21 heavy (non-hydrogen) atoms. The monoisotopic (exact) mass is 325 g/mol. The average Bonchev–Trinajstić information content (AvgIpc) is 2.48. The highest BCUT2D eigenvalue weighted by Crippen LogP contribution is 2.26. The molecule has 6 heteroatoms. The number of hydrogen-bond donors (Lipinski definition) is 1. The zero-order valence-corrected chi connectivity index (χ0v) is 13.1. The number of benzene rings is 2. The van der Waals surface area contributed by atoms with Crippen molar-refractivity contribution in [1.82, 2.24) is 4.72 Å². The SMILES string of the molecule is COc1ccc(Cl)cc1S(=O)(=O)NCCc1ccccc1. The van der Waals surface area contributed by atoms with E-state index in [4.69, 9.17) is 16.3 Å². The first-order valence-corrected chi connectivity index (χ1v) is 8.26. The Bertz CT molecular complexity index is 702. The second kappa shape index (κ2) is 6.93. The quantitative estimate of drug-likeness (QED) is 0.888. The van der Waals surface area contributed by atoms with Gasteiger partial charge >= 0.3 is 0 Å². The molecule has 0 fully saturated rings. The lowest BCUT2D eigenvalue weighted by Crippen LogP contribution is -2.26. The molecule has 2 aromatic rings. The van der Waals surface area contributed by atoms with Crippen molar-refractivity contribution < 1.29 is 13.2 Å². The molecule has 4 nitrogen and oxygen atoms in total. The highest BCUT2D eigenvalue weighted by molar-refractivity contribution is 7.89. The Morgan fingerprint density at radius 1 is 1.14 bits per heavy atom.